The third-order valence-corrected chi connectivity index (χ3v) is 7.65. The summed E-state index contributed by atoms with van der Waals surface area (Å²) in [6.07, 6.45) is 1.63. The van der Waals surface area contributed by atoms with Gasteiger partial charge in [-0.2, -0.15) is 0 Å². The van der Waals surface area contributed by atoms with Gasteiger partial charge in [0, 0.05) is 0 Å². The summed E-state index contributed by atoms with van der Waals surface area (Å²) in [6, 6.07) is 0. The first-order chi connectivity index (χ1) is 6.85. The van der Waals surface area contributed by atoms with E-state index in [0.29, 0.717) is 0 Å². The highest BCUT2D eigenvalue weighted by atomic mass is 28.4. The first-order valence-corrected chi connectivity index (χ1v) is 11.7. The zero-order valence-corrected chi connectivity index (χ0v) is 13.4. The molecule has 90 valence electrons. The van der Waals surface area contributed by atoms with Crippen LogP contribution < -0.4 is 0 Å². The number of hydrogen-bond acceptors (Lipinski definition) is 2. The summed E-state index contributed by atoms with van der Waals surface area (Å²) in [5, 5.41) is 0.117. The standard InChI is InChI=1S/C11H26O2Si2/c1-11(2,3)15(7,8)13-10-9-12-14(4,5)6/h9-10H,1-8H3/b10-9-/i10D. The average Bonchev–Trinajstić information content (AvgIpc) is 1.96. The molecule has 0 rings (SSSR count). The van der Waals surface area contributed by atoms with Crippen molar-refractivity contribution < 1.29 is 10.2 Å². The number of hydrogen-bond donors (Lipinski definition) is 0. The maximum Gasteiger partial charge on any atom is 0.249 e. The van der Waals surface area contributed by atoms with E-state index in [-0.39, 0.29) is 11.3 Å². The fourth-order valence-corrected chi connectivity index (χ4v) is 1.58. The summed E-state index contributed by atoms with van der Waals surface area (Å²) in [5.41, 5.74) is 0. The van der Waals surface area contributed by atoms with Crippen molar-refractivity contribution in [3.8, 4) is 0 Å². The summed E-state index contributed by atoms with van der Waals surface area (Å²) >= 11 is 0. The number of rotatable bonds is 4. The Hall–Kier alpha value is -0.226. The molecule has 4 heteroatoms. The van der Waals surface area contributed by atoms with Crippen LogP contribution in [0.1, 0.15) is 22.1 Å². The maximum atomic E-state index is 7.76. The van der Waals surface area contributed by atoms with E-state index in [4.69, 9.17) is 10.2 Å². The van der Waals surface area contributed by atoms with E-state index >= 15 is 0 Å². The van der Waals surface area contributed by atoms with Crippen LogP contribution in [0, 0.1) is 0 Å². The topological polar surface area (TPSA) is 18.5 Å². The largest absolute Gasteiger partial charge is 0.547 e. The van der Waals surface area contributed by atoms with Gasteiger partial charge in [0.05, 0.1) is 12.5 Å². The van der Waals surface area contributed by atoms with Gasteiger partial charge in [-0.25, -0.2) is 0 Å². The molecule has 0 radical (unpaired) electrons. The molecular weight excluding hydrogens is 220 g/mol. The van der Waals surface area contributed by atoms with Crippen molar-refractivity contribution in [2.75, 3.05) is 0 Å². The SMILES string of the molecule is [2H]/C(=C/O[Si](C)(C)C)O[Si](C)(C)C(C)(C)C. The van der Waals surface area contributed by atoms with Gasteiger partial charge in [-0.15, -0.1) is 0 Å². The first-order valence-electron chi connectivity index (χ1n) is 5.89. The molecule has 0 aliphatic heterocycles. The van der Waals surface area contributed by atoms with Crippen molar-refractivity contribution in [3.63, 3.8) is 0 Å². The summed E-state index contributed by atoms with van der Waals surface area (Å²) in [4.78, 5) is 0. The van der Waals surface area contributed by atoms with Gasteiger partial charge in [-0.1, -0.05) is 20.8 Å². The van der Waals surface area contributed by atoms with Crippen molar-refractivity contribution in [1.82, 2.24) is 0 Å². The fraction of sp³-hybridized carbons (Fsp3) is 0.818. The molecule has 0 spiro atoms. The molecule has 0 fully saturated rings. The Labute approximate surface area is 98.3 Å². The molecular formula is C11H26O2Si2. The maximum absolute atomic E-state index is 7.76. The summed E-state index contributed by atoms with van der Waals surface area (Å²) in [5.74, 6) is 0. The molecule has 0 saturated carbocycles. The molecule has 0 unspecified atom stereocenters. The van der Waals surface area contributed by atoms with Gasteiger partial charge in [0.2, 0.25) is 16.6 Å². The van der Waals surface area contributed by atoms with Crippen molar-refractivity contribution >= 4 is 16.6 Å². The van der Waals surface area contributed by atoms with Crippen LogP contribution in [0.5, 0.6) is 0 Å². The Balaban J connectivity index is 4.51. The minimum Gasteiger partial charge on any atom is -0.547 e. The highest BCUT2D eigenvalue weighted by Gasteiger charge is 2.37. The predicted molar refractivity (Wildman–Crippen MR) is 71.9 cm³/mol. The summed E-state index contributed by atoms with van der Waals surface area (Å²) in [6.45, 7) is 17.0. The van der Waals surface area contributed by atoms with Gasteiger partial charge in [0.1, 0.15) is 1.37 Å². The highest BCUT2D eigenvalue weighted by molar-refractivity contribution is 6.74. The lowest BCUT2D eigenvalue weighted by atomic mass is 10.2. The van der Waals surface area contributed by atoms with Crippen LogP contribution >= 0.6 is 0 Å². The van der Waals surface area contributed by atoms with E-state index < -0.39 is 16.6 Å². The molecule has 0 aliphatic carbocycles. The lowest BCUT2D eigenvalue weighted by Gasteiger charge is -2.34. The van der Waals surface area contributed by atoms with Crippen LogP contribution in [-0.2, 0) is 8.85 Å². The Bertz CT molecular complexity index is 262. The molecule has 15 heavy (non-hydrogen) atoms. The third kappa shape index (κ3) is 6.04. The first kappa shape index (κ1) is 12.8. The van der Waals surface area contributed by atoms with Crippen molar-refractivity contribution in [2.45, 2.75) is 58.5 Å². The van der Waals surface area contributed by atoms with Gasteiger partial charge in [-0.05, 0) is 37.8 Å². The van der Waals surface area contributed by atoms with Crippen molar-refractivity contribution in [2.24, 2.45) is 0 Å². The van der Waals surface area contributed by atoms with E-state index in [9.17, 15) is 0 Å². The molecule has 0 heterocycles. The molecule has 0 bridgehead atoms. The summed E-state index contributed by atoms with van der Waals surface area (Å²) < 4.78 is 19.1. The molecule has 0 aromatic rings. The normalized spacial score (nSPS) is 16.0. The van der Waals surface area contributed by atoms with Crippen LogP contribution in [0.2, 0.25) is 37.8 Å². The van der Waals surface area contributed by atoms with Crippen LogP contribution in [0.25, 0.3) is 0 Å². The van der Waals surface area contributed by atoms with E-state index in [1.54, 1.807) is 0 Å². The molecule has 0 saturated heterocycles. The second-order valence-electron chi connectivity index (χ2n) is 6.33. The molecule has 0 aliphatic rings. The Morgan fingerprint density at radius 2 is 1.47 bits per heavy atom. The van der Waals surface area contributed by atoms with Crippen LogP contribution in [-0.4, -0.2) is 16.6 Å². The van der Waals surface area contributed by atoms with Crippen LogP contribution in [0.15, 0.2) is 12.5 Å². The summed E-state index contributed by atoms with van der Waals surface area (Å²) in [7, 11) is -3.49. The second-order valence-corrected chi connectivity index (χ2v) is 15.5. The smallest absolute Gasteiger partial charge is 0.249 e. The lowest BCUT2D eigenvalue weighted by Crippen LogP contribution is -2.39. The minimum atomic E-state index is -1.88. The quantitative estimate of drug-likeness (QED) is 0.544. The van der Waals surface area contributed by atoms with E-state index in [2.05, 4.69) is 53.5 Å². The average molecular weight is 248 g/mol. The van der Waals surface area contributed by atoms with Crippen LogP contribution in [0.4, 0.5) is 0 Å². The molecule has 0 N–H and O–H groups in total. The Morgan fingerprint density at radius 3 is 1.80 bits per heavy atom. The van der Waals surface area contributed by atoms with Crippen LogP contribution in [0.3, 0.4) is 0 Å². The second kappa shape index (κ2) is 4.74. The van der Waals surface area contributed by atoms with E-state index in [1.807, 2.05) is 0 Å². The minimum absolute atomic E-state index is 0.117. The molecule has 0 atom stereocenters. The van der Waals surface area contributed by atoms with Gasteiger partial charge in [-0.3, -0.25) is 0 Å². The van der Waals surface area contributed by atoms with Crippen molar-refractivity contribution in [1.29, 1.82) is 0 Å². The monoisotopic (exact) mass is 247 g/mol. The zero-order valence-electron chi connectivity index (χ0n) is 12.4. The van der Waals surface area contributed by atoms with Gasteiger partial charge >= 0.3 is 0 Å². The fourth-order valence-electron chi connectivity index (χ4n) is 0.525. The predicted octanol–water partition coefficient (Wildman–Crippen LogP) is 4.33. The molecule has 0 amide bonds. The van der Waals surface area contributed by atoms with Gasteiger partial charge < -0.3 is 8.85 Å². The van der Waals surface area contributed by atoms with Gasteiger partial charge in [0.25, 0.3) is 0 Å². The zero-order chi connectivity index (χ0) is 13.2. The van der Waals surface area contributed by atoms with E-state index in [1.165, 1.54) is 6.26 Å². The Morgan fingerprint density at radius 1 is 1.00 bits per heavy atom. The molecule has 0 aromatic carbocycles. The molecule has 0 aromatic heterocycles. The van der Waals surface area contributed by atoms with E-state index in [0.717, 1.165) is 0 Å². The molecule has 2 nitrogen and oxygen atoms in total. The third-order valence-electron chi connectivity index (χ3n) is 2.58. The lowest BCUT2D eigenvalue weighted by molar-refractivity contribution is 0.394. The highest BCUT2D eigenvalue weighted by Crippen LogP contribution is 2.36. The van der Waals surface area contributed by atoms with Gasteiger partial charge in [0.15, 0.2) is 0 Å². The van der Waals surface area contributed by atoms with Crippen molar-refractivity contribution in [3.05, 3.63) is 12.5 Å². The Kier molecular flexibility index (Phi) is 4.06.